The summed E-state index contributed by atoms with van der Waals surface area (Å²) in [6.07, 6.45) is 4.06. The van der Waals surface area contributed by atoms with Crippen LogP contribution in [0.25, 0.3) is 0 Å². The van der Waals surface area contributed by atoms with E-state index < -0.39 is 0 Å². The van der Waals surface area contributed by atoms with Gasteiger partial charge in [-0.1, -0.05) is 26.3 Å². The zero-order valence-corrected chi connectivity index (χ0v) is 7.91. The number of methoxy groups -OCH3 is 1. The first kappa shape index (κ1) is 11.2. The van der Waals surface area contributed by atoms with Gasteiger partial charge in [-0.05, 0) is 5.92 Å². The number of esters is 1. The van der Waals surface area contributed by atoms with Gasteiger partial charge in [-0.25, -0.2) is 4.79 Å². The molecule has 12 heavy (non-hydrogen) atoms. The Morgan fingerprint density at radius 1 is 1.67 bits per heavy atom. The van der Waals surface area contributed by atoms with Gasteiger partial charge in [0.25, 0.3) is 0 Å². The van der Waals surface area contributed by atoms with E-state index in [2.05, 4.69) is 11.7 Å². The van der Waals surface area contributed by atoms with Crippen molar-refractivity contribution < 1.29 is 9.53 Å². The molecule has 0 aromatic rings. The van der Waals surface area contributed by atoms with Gasteiger partial charge in [-0.15, -0.1) is 0 Å². The molecular formula is C9H17NO2. The van der Waals surface area contributed by atoms with Crippen LogP contribution in [0.3, 0.4) is 0 Å². The molecular weight excluding hydrogens is 154 g/mol. The van der Waals surface area contributed by atoms with Crippen LogP contribution in [0.5, 0.6) is 0 Å². The van der Waals surface area contributed by atoms with Gasteiger partial charge in [-0.2, -0.15) is 0 Å². The smallest absolute Gasteiger partial charge is 0.330 e. The number of carbonyl (C=O) groups is 1. The quantitative estimate of drug-likeness (QED) is 0.509. The predicted molar refractivity (Wildman–Crippen MR) is 48.6 cm³/mol. The lowest BCUT2D eigenvalue weighted by Crippen LogP contribution is -2.25. The van der Waals surface area contributed by atoms with Crippen molar-refractivity contribution in [3.63, 3.8) is 0 Å². The molecule has 0 saturated carbocycles. The highest BCUT2D eigenvalue weighted by Gasteiger charge is 2.06. The average Bonchev–Trinajstić information content (AvgIpc) is 2.11. The number of hydrogen-bond acceptors (Lipinski definition) is 3. The van der Waals surface area contributed by atoms with Crippen LogP contribution in [0.15, 0.2) is 12.2 Å². The van der Waals surface area contributed by atoms with Gasteiger partial charge < -0.3 is 10.5 Å². The first-order chi connectivity index (χ1) is 5.61. The number of carbonyl (C=O) groups excluding carboxylic acids is 1. The zero-order chi connectivity index (χ0) is 9.56. The average molecular weight is 171 g/mol. The molecule has 0 radical (unpaired) electrons. The molecule has 3 heteroatoms. The Labute approximate surface area is 73.6 Å². The topological polar surface area (TPSA) is 52.3 Å². The van der Waals surface area contributed by atoms with Crippen LogP contribution >= 0.6 is 0 Å². The minimum atomic E-state index is -0.353. The van der Waals surface area contributed by atoms with Gasteiger partial charge in [0.1, 0.15) is 0 Å². The van der Waals surface area contributed by atoms with Crippen molar-refractivity contribution in [2.24, 2.45) is 11.7 Å². The Bertz CT molecular complexity index is 166. The Balaban J connectivity index is 3.90. The third-order valence-corrected chi connectivity index (χ3v) is 1.96. The van der Waals surface area contributed by atoms with Gasteiger partial charge in [0.05, 0.1) is 7.11 Å². The standard InChI is InChI=1S/C9H17NO2/c1-4-7(2)8(10)5-6-9(11)12-3/h5-8H,4,10H2,1-3H3/t7-,8+/m0/s1. The normalized spacial score (nSPS) is 16.0. The highest BCUT2D eigenvalue weighted by atomic mass is 16.5. The first-order valence-electron chi connectivity index (χ1n) is 4.13. The van der Waals surface area contributed by atoms with E-state index in [-0.39, 0.29) is 12.0 Å². The highest BCUT2D eigenvalue weighted by Crippen LogP contribution is 2.05. The van der Waals surface area contributed by atoms with E-state index in [9.17, 15) is 4.79 Å². The molecule has 0 spiro atoms. The fourth-order valence-corrected chi connectivity index (χ4v) is 0.720. The molecule has 0 aliphatic carbocycles. The van der Waals surface area contributed by atoms with Crippen molar-refractivity contribution in [1.29, 1.82) is 0 Å². The van der Waals surface area contributed by atoms with Crippen molar-refractivity contribution >= 4 is 5.97 Å². The predicted octanol–water partition coefficient (Wildman–Crippen LogP) is 1.09. The van der Waals surface area contributed by atoms with Crippen molar-refractivity contribution in [3.8, 4) is 0 Å². The lowest BCUT2D eigenvalue weighted by Gasteiger charge is -2.13. The maximum Gasteiger partial charge on any atom is 0.330 e. The van der Waals surface area contributed by atoms with Gasteiger partial charge in [-0.3, -0.25) is 0 Å². The number of rotatable bonds is 4. The summed E-state index contributed by atoms with van der Waals surface area (Å²) in [5.74, 6) is 0.0414. The molecule has 0 rings (SSSR count). The highest BCUT2D eigenvalue weighted by molar-refractivity contribution is 5.81. The molecule has 0 aromatic heterocycles. The number of hydrogen-bond donors (Lipinski definition) is 1. The molecule has 2 N–H and O–H groups in total. The maximum atomic E-state index is 10.7. The summed E-state index contributed by atoms with van der Waals surface area (Å²) < 4.78 is 4.43. The minimum Gasteiger partial charge on any atom is -0.466 e. The second-order valence-electron chi connectivity index (χ2n) is 2.85. The molecule has 0 unspecified atom stereocenters. The molecule has 2 atom stereocenters. The summed E-state index contributed by atoms with van der Waals surface area (Å²) in [6.45, 7) is 4.11. The Hall–Kier alpha value is -0.830. The maximum absolute atomic E-state index is 10.7. The molecule has 0 heterocycles. The van der Waals surface area contributed by atoms with Gasteiger partial charge in [0.2, 0.25) is 0 Å². The molecule has 0 saturated heterocycles. The lowest BCUT2D eigenvalue weighted by molar-refractivity contribution is -0.134. The van der Waals surface area contributed by atoms with E-state index >= 15 is 0 Å². The third kappa shape index (κ3) is 4.13. The van der Waals surface area contributed by atoms with E-state index in [1.807, 2.05) is 6.92 Å². The largest absolute Gasteiger partial charge is 0.466 e. The van der Waals surface area contributed by atoms with Crippen LogP contribution in [0.4, 0.5) is 0 Å². The number of nitrogens with two attached hydrogens (primary N) is 1. The van der Waals surface area contributed by atoms with Gasteiger partial charge in [0, 0.05) is 12.1 Å². The summed E-state index contributed by atoms with van der Waals surface area (Å²) in [6, 6.07) is -0.0610. The first-order valence-corrected chi connectivity index (χ1v) is 4.13. The van der Waals surface area contributed by atoms with Crippen molar-refractivity contribution in [3.05, 3.63) is 12.2 Å². The van der Waals surface area contributed by atoms with E-state index in [1.54, 1.807) is 6.08 Å². The summed E-state index contributed by atoms with van der Waals surface area (Å²) in [4.78, 5) is 10.7. The SMILES string of the molecule is CC[C@H](C)[C@H](N)C=CC(=O)OC. The van der Waals surface area contributed by atoms with E-state index in [0.29, 0.717) is 5.92 Å². The Morgan fingerprint density at radius 3 is 2.67 bits per heavy atom. The van der Waals surface area contributed by atoms with Gasteiger partial charge >= 0.3 is 5.97 Å². The zero-order valence-electron chi connectivity index (χ0n) is 7.91. The second-order valence-corrected chi connectivity index (χ2v) is 2.85. The molecule has 0 aromatic carbocycles. The van der Waals surface area contributed by atoms with Crippen LogP contribution in [-0.2, 0) is 9.53 Å². The lowest BCUT2D eigenvalue weighted by atomic mass is 10.00. The fraction of sp³-hybridized carbons (Fsp3) is 0.667. The van der Waals surface area contributed by atoms with Crippen molar-refractivity contribution in [1.82, 2.24) is 0 Å². The number of ether oxygens (including phenoxy) is 1. The molecule has 3 nitrogen and oxygen atoms in total. The fourth-order valence-electron chi connectivity index (χ4n) is 0.720. The second kappa shape index (κ2) is 5.77. The molecule has 0 amide bonds. The molecule has 0 fully saturated rings. The molecule has 0 aliphatic heterocycles. The van der Waals surface area contributed by atoms with E-state index in [1.165, 1.54) is 13.2 Å². The summed E-state index contributed by atoms with van der Waals surface area (Å²) in [5.41, 5.74) is 5.74. The van der Waals surface area contributed by atoms with E-state index in [0.717, 1.165) is 6.42 Å². The molecule has 70 valence electrons. The molecule has 0 aliphatic rings. The summed E-state index contributed by atoms with van der Waals surface area (Å²) in [5, 5.41) is 0. The minimum absolute atomic E-state index is 0.0610. The Morgan fingerprint density at radius 2 is 2.25 bits per heavy atom. The van der Waals surface area contributed by atoms with Crippen LogP contribution in [-0.4, -0.2) is 19.1 Å². The Kier molecular flexibility index (Phi) is 5.37. The van der Waals surface area contributed by atoms with Gasteiger partial charge in [0.15, 0.2) is 0 Å². The summed E-state index contributed by atoms with van der Waals surface area (Å²) >= 11 is 0. The van der Waals surface area contributed by atoms with Crippen LogP contribution in [0, 0.1) is 5.92 Å². The third-order valence-electron chi connectivity index (χ3n) is 1.96. The van der Waals surface area contributed by atoms with Crippen LogP contribution in [0.1, 0.15) is 20.3 Å². The van der Waals surface area contributed by atoms with E-state index in [4.69, 9.17) is 5.73 Å². The molecule has 0 bridgehead atoms. The summed E-state index contributed by atoms with van der Waals surface area (Å²) in [7, 11) is 1.35. The van der Waals surface area contributed by atoms with Crippen LogP contribution in [0.2, 0.25) is 0 Å². The van der Waals surface area contributed by atoms with Crippen LogP contribution < -0.4 is 5.73 Å². The van der Waals surface area contributed by atoms with Crippen molar-refractivity contribution in [2.75, 3.05) is 7.11 Å². The van der Waals surface area contributed by atoms with Crippen molar-refractivity contribution in [2.45, 2.75) is 26.3 Å². The monoisotopic (exact) mass is 171 g/mol.